The van der Waals surface area contributed by atoms with Crippen LogP contribution >= 0.6 is 0 Å². The minimum atomic E-state index is 0. The molecule has 0 saturated carbocycles. The minimum Gasteiger partial charge on any atom is -1.00 e. The molecule has 0 aliphatic carbocycles. The molecule has 0 aromatic heterocycles. The fourth-order valence-corrected chi connectivity index (χ4v) is 0. The van der Waals surface area contributed by atoms with E-state index in [0.717, 1.165) is 0 Å². The average molecular weight is 213 g/mol. The third-order valence-corrected chi connectivity index (χ3v) is 0. The van der Waals surface area contributed by atoms with Crippen molar-refractivity contribution in [2.24, 2.45) is 0 Å². The van der Waals surface area contributed by atoms with Gasteiger partial charge in [-0.25, -0.2) is 0 Å². The molecule has 0 aromatic carbocycles. The van der Waals surface area contributed by atoms with Crippen LogP contribution in [-0.4, -0.2) is 0 Å². The Morgan fingerprint density at radius 2 is 0.500 bits per heavy atom. The van der Waals surface area contributed by atoms with Crippen molar-refractivity contribution in [2.75, 3.05) is 0 Å². The standard InChI is InChI=1S/3ClH.Pd/h3*1H;/p-3. The third-order valence-electron chi connectivity index (χ3n) is 0. The molecule has 0 saturated heterocycles. The van der Waals surface area contributed by atoms with Gasteiger partial charge in [0.1, 0.15) is 0 Å². The van der Waals surface area contributed by atoms with E-state index in [4.69, 9.17) is 0 Å². The van der Waals surface area contributed by atoms with Crippen LogP contribution in [0.5, 0.6) is 0 Å². The number of hydrogen-bond donors (Lipinski definition) is 0. The monoisotopic (exact) mass is 211 g/mol. The van der Waals surface area contributed by atoms with Crippen molar-refractivity contribution in [3.05, 3.63) is 0 Å². The zero-order chi connectivity index (χ0) is 0. The van der Waals surface area contributed by atoms with Crippen molar-refractivity contribution >= 4 is 0 Å². The first-order valence-electron chi connectivity index (χ1n) is 0. The Bertz CT molecular complexity index is 3.25. The van der Waals surface area contributed by atoms with Gasteiger partial charge in [0.2, 0.25) is 0 Å². The molecule has 0 aliphatic heterocycles. The summed E-state index contributed by atoms with van der Waals surface area (Å²) in [6, 6.07) is 0. The van der Waals surface area contributed by atoms with Gasteiger partial charge in [-0.2, -0.15) is 0 Å². The summed E-state index contributed by atoms with van der Waals surface area (Å²) in [6.07, 6.45) is 0. The normalized spacial score (nSPS) is 0. The van der Waals surface area contributed by atoms with Crippen molar-refractivity contribution in [1.29, 1.82) is 0 Å². The molecule has 0 unspecified atom stereocenters. The second kappa shape index (κ2) is 24.1. The van der Waals surface area contributed by atoms with Crippen LogP contribution in [0.15, 0.2) is 0 Å². The molecule has 0 radical (unpaired) electrons. The van der Waals surface area contributed by atoms with Gasteiger partial charge in [0, 0.05) is 20.4 Å². The summed E-state index contributed by atoms with van der Waals surface area (Å²) in [4.78, 5) is 0. The van der Waals surface area contributed by atoms with Crippen LogP contribution in [0.1, 0.15) is 0 Å². The van der Waals surface area contributed by atoms with Crippen molar-refractivity contribution in [1.82, 2.24) is 0 Å². The van der Waals surface area contributed by atoms with Gasteiger partial charge in [-0.3, -0.25) is 0 Å². The zero-order valence-electron chi connectivity index (χ0n) is 1.45. The molecule has 0 atom stereocenters. The van der Waals surface area contributed by atoms with Crippen LogP contribution in [-0.2, 0) is 20.4 Å². The Morgan fingerprint density at radius 1 is 0.500 bits per heavy atom. The quantitative estimate of drug-likeness (QED) is 0.350. The number of hydrogen-bond acceptors (Lipinski definition) is 0. The molecule has 0 spiro atoms. The second-order valence-electron chi connectivity index (χ2n) is 0. The summed E-state index contributed by atoms with van der Waals surface area (Å²) in [5, 5.41) is 0. The van der Waals surface area contributed by atoms with Crippen LogP contribution in [0.4, 0.5) is 0 Å². The molecule has 4 heteroatoms. The Hall–Kier alpha value is 1.53. The van der Waals surface area contributed by atoms with Gasteiger partial charge in [0.05, 0.1) is 0 Å². The predicted molar refractivity (Wildman–Crippen MR) is 0 cm³/mol. The molecule has 34 valence electrons. The molecule has 0 nitrogen and oxygen atoms in total. The van der Waals surface area contributed by atoms with Crippen LogP contribution < -0.4 is 37.2 Å². The molecular formula is Cl3Pd-3. The summed E-state index contributed by atoms with van der Waals surface area (Å²) in [7, 11) is 0. The summed E-state index contributed by atoms with van der Waals surface area (Å²) in [6.45, 7) is 0. The van der Waals surface area contributed by atoms with Crippen LogP contribution in [0.3, 0.4) is 0 Å². The van der Waals surface area contributed by atoms with Gasteiger partial charge < -0.3 is 37.2 Å². The predicted octanol–water partition coefficient (Wildman–Crippen LogP) is -8.99. The molecule has 0 rings (SSSR count). The van der Waals surface area contributed by atoms with Gasteiger partial charge in [0.15, 0.2) is 0 Å². The van der Waals surface area contributed by atoms with E-state index >= 15 is 0 Å². The molecule has 0 amide bonds. The topological polar surface area (TPSA) is 0 Å². The molecule has 0 aliphatic rings. The number of rotatable bonds is 0. The van der Waals surface area contributed by atoms with Crippen LogP contribution in [0.2, 0.25) is 0 Å². The molecule has 0 heterocycles. The largest absolute Gasteiger partial charge is 1.00 e. The van der Waals surface area contributed by atoms with Gasteiger partial charge in [-0.05, 0) is 0 Å². The summed E-state index contributed by atoms with van der Waals surface area (Å²) in [5.41, 5.74) is 0. The van der Waals surface area contributed by atoms with Gasteiger partial charge in [0.25, 0.3) is 0 Å². The molecule has 0 fully saturated rings. The second-order valence-corrected chi connectivity index (χ2v) is 0. The fraction of sp³-hybridized carbons (Fsp3) is 0. The SMILES string of the molecule is [Cl-].[Cl-].[Cl-].[Pd]. The maximum Gasteiger partial charge on any atom is 0 e. The first-order valence-corrected chi connectivity index (χ1v) is 0. The Labute approximate surface area is 57.6 Å². The summed E-state index contributed by atoms with van der Waals surface area (Å²) >= 11 is 0. The average Bonchev–Trinajstić information content (AvgIpc) is 0. The fourth-order valence-electron chi connectivity index (χ4n) is 0. The van der Waals surface area contributed by atoms with Crippen molar-refractivity contribution in [3.63, 3.8) is 0 Å². The van der Waals surface area contributed by atoms with E-state index in [9.17, 15) is 0 Å². The van der Waals surface area contributed by atoms with Gasteiger partial charge >= 0.3 is 0 Å². The summed E-state index contributed by atoms with van der Waals surface area (Å²) < 4.78 is 0. The zero-order valence-corrected chi connectivity index (χ0v) is 5.27. The van der Waals surface area contributed by atoms with Crippen molar-refractivity contribution < 1.29 is 57.6 Å². The van der Waals surface area contributed by atoms with Crippen LogP contribution in [0, 0.1) is 0 Å². The van der Waals surface area contributed by atoms with Crippen molar-refractivity contribution in [2.45, 2.75) is 0 Å². The van der Waals surface area contributed by atoms with E-state index in [0.29, 0.717) is 0 Å². The van der Waals surface area contributed by atoms with E-state index in [1.807, 2.05) is 0 Å². The maximum atomic E-state index is 0. The van der Waals surface area contributed by atoms with Crippen LogP contribution in [0.25, 0.3) is 0 Å². The molecule has 0 aromatic rings. The van der Waals surface area contributed by atoms with Gasteiger partial charge in [-0.15, -0.1) is 0 Å². The third kappa shape index (κ3) is 9.65. The molecule has 4 heavy (non-hydrogen) atoms. The van der Waals surface area contributed by atoms with E-state index in [1.54, 1.807) is 0 Å². The Kier molecular flexibility index (Phi) is 291. The Morgan fingerprint density at radius 3 is 0.500 bits per heavy atom. The van der Waals surface area contributed by atoms with E-state index in [-0.39, 0.29) is 57.6 Å². The maximum absolute atomic E-state index is 0. The smallest absolute Gasteiger partial charge is 0 e. The van der Waals surface area contributed by atoms with E-state index in [1.165, 1.54) is 0 Å². The molecule has 0 bridgehead atoms. The first kappa shape index (κ1) is 48.4. The summed E-state index contributed by atoms with van der Waals surface area (Å²) in [5.74, 6) is 0. The van der Waals surface area contributed by atoms with E-state index in [2.05, 4.69) is 0 Å². The minimum absolute atomic E-state index is 0. The molecular weight excluding hydrogens is 213 g/mol. The van der Waals surface area contributed by atoms with Crippen molar-refractivity contribution in [3.8, 4) is 0 Å². The molecule has 0 N–H and O–H groups in total. The van der Waals surface area contributed by atoms with E-state index < -0.39 is 0 Å². The Balaban J connectivity index is 0. The number of halogens is 3. The first-order chi connectivity index (χ1) is 0. The van der Waals surface area contributed by atoms with Gasteiger partial charge in [-0.1, -0.05) is 0 Å².